The molecule has 1 aromatic heterocycles. The van der Waals surface area contributed by atoms with Crippen molar-refractivity contribution in [2.45, 2.75) is 24.8 Å². The Bertz CT molecular complexity index is 538. The molecule has 4 heteroatoms. The quantitative estimate of drug-likeness (QED) is 0.833. The van der Waals surface area contributed by atoms with E-state index in [1.807, 2.05) is 18.2 Å². The number of rotatable bonds is 1. The molecule has 1 heterocycles. The van der Waals surface area contributed by atoms with Gasteiger partial charge in [0, 0.05) is 17.5 Å². The Labute approximate surface area is 112 Å². The lowest BCUT2D eigenvalue weighted by Crippen LogP contribution is -2.25. The van der Waals surface area contributed by atoms with Crippen LogP contribution in [0.1, 0.15) is 35.1 Å². The lowest BCUT2D eigenvalue weighted by atomic mass is 9.77. The molecule has 2 aromatic rings. The van der Waals surface area contributed by atoms with E-state index < -0.39 is 0 Å². The second-order valence-electron chi connectivity index (χ2n) is 4.55. The lowest BCUT2D eigenvalue weighted by molar-refractivity contribution is 0.319. The highest BCUT2D eigenvalue weighted by molar-refractivity contribution is 5.85. The highest BCUT2D eigenvalue weighted by atomic mass is 35.5. The minimum Gasteiger partial charge on any atom is -0.481 e. The summed E-state index contributed by atoms with van der Waals surface area (Å²) < 4.78 is 4.95. The maximum absolute atomic E-state index is 9.65. The van der Waals surface area contributed by atoms with Crippen LogP contribution in [-0.4, -0.2) is 5.11 Å². The fourth-order valence-corrected chi connectivity index (χ4v) is 2.74. The average molecular weight is 266 g/mol. The van der Waals surface area contributed by atoms with Crippen LogP contribution in [0, 0.1) is 0 Å². The summed E-state index contributed by atoms with van der Waals surface area (Å²) in [6.07, 6.45) is 3.46. The van der Waals surface area contributed by atoms with Crippen LogP contribution >= 0.6 is 12.4 Å². The molecule has 18 heavy (non-hydrogen) atoms. The van der Waals surface area contributed by atoms with E-state index in [1.165, 1.54) is 17.4 Å². The van der Waals surface area contributed by atoms with Gasteiger partial charge in [0.25, 0.3) is 5.95 Å². The molecular formula is C14H16ClNO2. The zero-order valence-corrected chi connectivity index (χ0v) is 10.7. The van der Waals surface area contributed by atoms with Crippen molar-refractivity contribution < 1.29 is 9.52 Å². The van der Waals surface area contributed by atoms with Crippen molar-refractivity contribution in [2.24, 2.45) is 5.73 Å². The Kier molecular flexibility index (Phi) is 3.64. The zero-order chi connectivity index (χ0) is 11.8. The van der Waals surface area contributed by atoms with Crippen molar-refractivity contribution in [1.82, 2.24) is 0 Å². The van der Waals surface area contributed by atoms with Gasteiger partial charge in [-0.2, -0.15) is 0 Å². The SMILES string of the molecule is Cl.NC1c2ccccc2CCC1c1ccoc1O. The van der Waals surface area contributed by atoms with E-state index in [0.717, 1.165) is 18.4 Å². The van der Waals surface area contributed by atoms with Gasteiger partial charge < -0.3 is 15.3 Å². The predicted octanol–water partition coefficient (Wildman–Crippen LogP) is 3.14. The lowest BCUT2D eigenvalue weighted by Gasteiger charge is -2.30. The van der Waals surface area contributed by atoms with Crippen molar-refractivity contribution in [3.8, 4) is 5.95 Å². The largest absolute Gasteiger partial charge is 0.481 e. The first-order valence-electron chi connectivity index (χ1n) is 5.87. The third-order valence-electron chi connectivity index (χ3n) is 3.65. The van der Waals surface area contributed by atoms with E-state index in [2.05, 4.69) is 12.1 Å². The van der Waals surface area contributed by atoms with Crippen LogP contribution in [0.2, 0.25) is 0 Å². The number of halogens is 1. The van der Waals surface area contributed by atoms with E-state index in [1.54, 1.807) is 0 Å². The van der Waals surface area contributed by atoms with Gasteiger partial charge in [0.1, 0.15) is 0 Å². The molecule has 1 aliphatic carbocycles. The molecule has 3 N–H and O–H groups in total. The Balaban J connectivity index is 0.00000120. The Morgan fingerprint density at radius 1 is 1.17 bits per heavy atom. The molecule has 0 aliphatic heterocycles. The van der Waals surface area contributed by atoms with E-state index in [4.69, 9.17) is 10.2 Å². The van der Waals surface area contributed by atoms with Gasteiger partial charge in [0.05, 0.1) is 6.26 Å². The van der Waals surface area contributed by atoms with E-state index in [0.29, 0.717) is 0 Å². The number of hydrogen-bond acceptors (Lipinski definition) is 3. The maximum atomic E-state index is 9.65. The summed E-state index contributed by atoms with van der Waals surface area (Å²) in [6, 6.07) is 10.00. The third-order valence-corrected chi connectivity index (χ3v) is 3.65. The number of furan rings is 1. The Hall–Kier alpha value is -1.45. The van der Waals surface area contributed by atoms with E-state index >= 15 is 0 Å². The molecule has 0 amide bonds. The standard InChI is InChI=1S/C14H15NO2.ClH/c15-13-10-4-2-1-3-9(10)5-6-11(13)12-7-8-17-14(12)16;/h1-4,7-8,11,13,16H,5-6,15H2;1H. The molecule has 96 valence electrons. The highest BCUT2D eigenvalue weighted by Gasteiger charge is 2.30. The second-order valence-corrected chi connectivity index (χ2v) is 4.55. The van der Waals surface area contributed by atoms with Crippen LogP contribution in [0.5, 0.6) is 5.95 Å². The molecule has 0 radical (unpaired) electrons. The number of nitrogens with two attached hydrogens (primary N) is 1. The first kappa shape index (κ1) is 13.0. The highest BCUT2D eigenvalue weighted by Crippen LogP contribution is 2.42. The van der Waals surface area contributed by atoms with Crippen LogP contribution < -0.4 is 5.73 Å². The molecule has 3 nitrogen and oxygen atoms in total. The van der Waals surface area contributed by atoms with Gasteiger partial charge in [0.2, 0.25) is 0 Å². The molecule has 0 bridgehead atoms. The fourth-order valence-electron chi connectivity index (χ4n) is 2.74. The van der Waals surface area contributed by atoms with Gasteiger partial charge in [-0.25, -0.2) is 0 Å². The van der Waals surface area contributed by atoms with Gasteiger partial charge in [-0.05, 0) is 30.0 Å². The van der Waals surface area contributed by atoms with Crippen LogP contribution in [0.25, 0.3) is 0 Å². The topological polar surface area (TPSA) is 59.4 Å². The molecule has 1 aromatic carbocycles. The summed E-state index contributed by atoms with van der Waals surface area (Å²) in [7, 11) is 0. The minimum absolute atomic E-state index is 0. The van der Waals surface area contributed by atoms with Crippen molar-refractivity contribution in [1.29, 1.82) is 0 Å². The summed E-state index contributed by atoms with van der Waals surface area (Å²) in [4.78, 5) is 0. The van der Waals surface area contributed by atoms with Crippen LogP contribution in [0.4, 0.5) is 0 Å². The van der Waals surface area contributed by atoms with Gasteiger partial charge in [-0.15, -0.1) is 12.4 Å². The van der Waals surface area contributed by atoms with Crippen LogP contribution in [0.15, 0.2) is 41.0 Å². The van der Waals surface area contributed by atoms with Crippen LogP contribution in [0.3, 0.4) is 0 Å². The summed E-state index contributed by atoms with van der Waals surface area (Å²) in [5.74, 6) is 0.147. The van der Waals surface area contributed by atoms with E-state index in [9.17, 15) is 5.11 Å². The first-order chi connectivity index (χ1) is 8.27. The summed E-state index contributed by atoms with van der Waals surface area (Å²) >= 11 is 0. The Morgan fingerprint density at radius 3 is 2.67 bits per heavy atom. The molecule has 0 fully saturated rings. The maximum Gasteiger partial charge on any atom is 0.285 e. The number of aromatic hydroxyl groups is 1. The molecule has 2 atom stereocenters. The summed E-state index contributed by atoms with van der Waals surface area (Å²) in [6.45, 7) is 0. The minimum atomic E-state index is -0.0663. The molecule has 0 spiro atoms. The summed E-state index contributed by atoms with van der Waals surface area (Å²) in [5.41, 5.74) is 9.63. The average Bonchev–Trinajstić information content (AvgIpc) is 2.76. The van der Waals surface area contributed by atoms with E-state index in [-0.39, 0.29) is 30.3 Å². The summed E-state index contributed by atoms with van der Waals surface area (Å²) in [5, 5.41) is 9.65. The molecule has 2 unspecified atom stereocenters. The van der Waals surface area contributed by atoms with Crippen molar-refractivity contribution in [3.63, 3.8) is 0 Å². The van der Waals surface area contributed by atoms with Crippen molar-refractivity contribution in [3.05, 3.63) is 53.3 Å². The third kappa shape index (κ3) is 2.00. The fraction of sp³-hybridized carbons (Fsp3) is 0.286. The molecule has 0 saturated carbocycles. The number of benzene rings is 1. The molecule has 3 rings (SSSR count). The molecule has 1 aliphatic rings. The van der Waals surface area contributed by atoms with Gasteiger partial charge in [-0.3, -0.25) is 0 Å². The molecule has 0 saturated heterocycles. The monoisotopic (exact) mass is 265 g/mol. The normalized spacial score (nSPS) is 22.1. The van der Waals surface area contributed by atoms with Gasteiger partial charge in [-0.1, -0.05) is 24.3 Å². The first-order valence-corrected chi connectivity index (χ1v) is 5.87. The number of hydrogen-bond donors (Lipinski definition) is 2. The van der Waals surface area contributed by atoms with Crippen molar-refractivity contribution >= 4 is 12.4 Å². The number of aryl methyl sites for hydroxylation is 1. The Morgan fingerprint density at radius 2 is 1.94 bits per heavy atom. The van der Waals surface area contributed by atoms with Gasteiger partial charge in [0.15, 0.2) is 0 Å². The van der Waals surface area contributed by atoms with Gasteiger partial charge >= 0.3 is 0 Å². The number of fused-ring (bicyclic) bond motifs is 1. The smallest absolute Gasteiger partial charge is 0.285 e. The molecular weight excluding hydrogens is 250 g/mol. The predicted molar refractivity (Wildman–Crippen MR) is 72.1 cm³/mol. The zero-order valence-electron chi connectivity index (χ0n) is 9.87. The van der Waals surface area contributed by atoms with Crippen molar-refractivity contribution in [2.75, 3.05) is 0 Å². The second kappa shape index (κ2) is 5.04. The van der Waals surface area contributed by atoms with Crippen LogP contribution in [-0.2, 0) is 6.42 Å².